The zero-order valence-electron chi connectivity index (χ0n) is 10.8. The Morgan fingerprint density at radius 2 is 2.00 bits per heavy atom. The third kappa shape index (κ3) is 2.20. The molecule has 0 aliphatic rings. The standard InChI is InChI=1S/C14H14N4O/c1-3-18-13(16)11(8-15)12(17-14(18)19)10-6-4-9(2)5-7-10/h4-7H,3,16H2,1-2H3. The molecular weight excluding hydrogens is 240 g/mol. The summed E-state index contributed by atoms with van der Waals surface area (Å²) in [5.41, 5.74) is 7.83. The number of aryl methyl sites for hydroxylation is 1. The molecule has 1 heterocycles. The lowest BCUT2D eigenvalue weighted by atomic mass is 10.1. The van der Waals surface area contributed by atoms with Gasteiger partial charge < -0.3 is 5.73 Å². The minimum atomic E-state index is -0.436. The predicted molar refractivity (Wildman–Crippen MR) is 73.5 cm³/mol. The van der Waals surface area contributed by atoms with Crippen molar-refractivity contribution < 1.29 is 0 Å². The molecule has 1 aromatic carbocycles. The Labute approximate surface area is 110 Å². The lowest BCUT2D eigenvalue weighted by Gasteiger charge is -2.11. The van der Waals surface area contributed by atoms with Gasteiger partial charge in [-0.2, -0.15) is 10.2 Å². The number of nitrogen functional groups attached to an aromatic ring is 1. The largest absolute Gasteiger partial charge is 0.384 e. The van der Waals surface area contributed by atoms with Gasteiger partial charge >= 0.3 is 5.69 Å². The van der Waals surface area contributed by atoms with Crippen LogP contribution in [0.4, 0.5) is 5.82 Å². The average Bonchev–Trinajstić information content (AvgIpc) is 2.39. The van der Waals surface area contributed by atoms with Crippen LogP contribution in [0, 0.1) is 18.3 Å². The summed E-state index contributed by atoms with van der Waals surface area (Å²) in [6, 6.07) is 9.49. The lowest BCUT2D eigenvalue weighted by molar-refractivity contribution is 0.710. The summed E-state index contributed by atoms with van der Waals surface area (Å²) in [6.07, 6.45) is 0. The van der Waals surface area contributed by atoms with Crippen LogP contribution >= 0.6 is 0 Å². The van der Waals surface area contributed by atoms with Crippen LogP contribution in [-0.4, -0.2) is 9.55 Å². The minimum Gasteiger partial charge on any atom is -0.384 e. The molecular formula is C14H14N4O. The number of benzene rings is 1. The molecule has 0 amide bonds. The third-order valence-electron chi connectivity index (χ3n) is 2.98. The minimum absolute atomic E-state index is 0.167. The van der Waals surface area contributed by atoms with E-state index >= 15 is 0 Å². The number of hydrogen-bond donors (Lipinski definition) is 1. The molecule has 96 valence electrons. The highest BCUT2D eigenvalue weighted by Gasteiger charge is 2.15. The van der Waals surface area contributed by atoms with E-state index in [9.17, 15) is 10.1 Å². The van der Waals surface area contributed by atoms with Crippen molar-refractivity contribution in [2.45, 2.75) is 20.4 Å². The molecule has 2 N–H and O–H groups in total. The molecule has 2 rings (SSSR count). The van der Waals surface area contributed by atoms with Gasteiger partial charge in [0.05, 0.1) is 5.69 Å². The van der Waals surface area contributed by atoms with Gasteiger partial charge in [0.15, 0.2) is 0 Å². The number of nitrogens with zero attached hydrogens (tertiary/aromatic N) is 3. The topological polar surface area (TPSA) is 84.7 Å². The number of hydrogen-bond acceptors (Lipinski definition) is 4. The van der Waals surface area contributed by atoms with Crippen LogP contribution in [-0.2, 0) is 6.54 Å². The molecule has 0 radical (unpaired) electrons. The van der Waals surface area contributed by atoms with E-state index in [2.05, 4.69) is 4.98 Å². The van der Waals surface area contributed by atoms with Gasteiger partial charge in [0.2, 0.25) is 0 Å². The van der Waals surface area contributed by atoms with Crippen LogP contribution in [0.25, 0.3) is 11.3 Å². The fourth-order valence-corrected chi connectivity index (χ4v) is 1.91. The van der Waals surface area contributed by atoms with Crippen LogP contribution in [0.1, 0.15) is 18.1 Å². The SMILES string of the molecule is CCn1c(N)c(C#N)c(-c2ccc(C)cc2)nc1=O. The Bertz CT molecular complexity index is 708. The molecule has 0 spiro atoms. The van der Waals surface area contributed by atoms with Gasteiger partial charge in [0.1, 0.15) is 17.5 Å². The Hall–Kier alpha value is -2.61. The van der Waals surface area contributed by atoms with Gasteiger partial charge in [-0.15, -0.1) is 0 Å². The number of rotatable bonds is 2. The third-order valence-corrected chi connectivity index (χ3v) is 2.98. The Balaban J connectivity index is 2.75. The zero-order valence-corrected chi connectivity index (χ0v) is 10.8. The van der Waals surface area contributed by atoms with Gasteiger partial charge in [-0.05, 0) is 13.8 Å². The summed E-state index contributed by atoms with van der Waals surface area (Å²) >= 11 is 0. The number of anilines is 1. The molecule has 19 heavy (non-hydrogen) atoms. The maximum Gasteiger partial charge on any atom is 0.349 e. The van der Waals surface area contributed by atoms with E-state index in [0.717, 1.165) is 5.56 Å². The Kier molecular flexibility index (Phi) is 3.34. The van der Waals surface area contributed by atoms with E-state index < -0.39 is 5.69 Å². The molecule has 0 atom stereocenters. The quantitative estimate of drug-likeness (QED) is 0.883. The number of nitriles is 1. The fourth-order valence-electron chi connectivity index (χ4n) is 1.91. The van der Waals surface area contributed by atoms with Crippen molar-refractivity contribution in [1.29, 1.82) is 5.26 Å². The summed E-state index contributed by atoms with van der Waals surface area (Å²) in [4.78, 5) is 15.8. The highest BCUT2D eigenvalue weighted by molar-refractivity contribution is 5.71. The molecule has 0 unspecified atom stereocenters. The maximum absolute atomic E-state index is 11.9. The van der Waals surface area contributed by atoms with Gasteiger partial charge in [-0.25, -0.2) is 4.79 Å². The average molecular weight is 254 g/mol. The van der Waals surface area contributed by atoms with Crippen molar-refractivity contribution in [3.8, 4) is 17.3 Å². The summed E-state index contributed by atoms with van der Waals surface area (Å²) in [7, 11) is 0. The van der Waals surface area contributed by atoms with E-state index in [1.807, 2.05) is 37.3 Å². The van der Waals surface area contributed by atoms with Crippen molar-refractivity contribution in [2.24, 2.45) is 0 Å². The number of nitrogens with two attached hydrogens (primary N) is 1. The van der Waals surface area contributed by atoms with Crippen LogP contribution in [0.5, 0.6) is 0 Å². The molecule has 5 nitrogen and oxygen atoms in total. The van der Waals surface area contributed by atoms with Crippen LogP contribution in [0.15, 0.2) is 29.1 Å². The van der Waals surface area contributed by atoms with Crippen LogP contribution in [0.2, 0.25) is 0 Å². The molecule has 0 aliphatic carbocycles. The molecule has 0 saturated heterocycles. The summed E-state index contributed by atoms with van der Waals surface area (Å²) < 4.78 is 1.29. The first-order chi connectivity index (χ1) is 9.08. The monoisotopic (exact) mass is 254 g/mol. The van der Waals surface area contributed by atoms with Crippen LogP contribution in [0.3, 0.4) is 0 Å². The van der Waals surface area contributed by atoms with Crippen molar-refractivity contribution in [1.82, 2.24) is 9.55 Å². The van der Waals surface area contributed by atoms with E-state index in [1.54, 1.807) is 6.92 Å². The Morgan fingerprint density at radius 1 is 1.37 bits per heavy atom. The Morgan fingerprint density at radius 3 is 2.53 bits per heavy atom. The maximum atomic E-state index is 11.9. The molecule has 0 bridgehead atoms. The first kappa shape index (κ1) is 12.8. The van der Waals surface area contributed by atoms with Crippen LogP contribution < -0.4 is 11.4 Å². The predicted octanol–water partition coefficient (Wildman–Crippen LogP) is 1.69. The van der Waals surface area contributed by atoms with Crippen molar-refractivity contribution in [3.63, 3.8) is 0 Å². The van der Waals surface area contributed by atoms with Crippen molar-refractivity contribution >= 4 is 5.82 Å². The number of aromatic nitrogens is 2. The summed E-state index contributed by atoms with van der Waals surface area (Å²) in [5, 5.41) is 9.24. The summed E-state index contributed by atoms with van der Waals surface area (Å²) in [6.45, 7) is 4.14. The zero-order chi connectivity index (χ0) is 14.0. The lowest BCUT2D eigenvalue weighted by Crippen LogP contribution is -2.26. The first-order valence-electron chi connectivity index (χ1n) is 5.96. The van der Waals surface area contributed by atoms with E-state index in [0.29, 0.717) is 17.8 Å². The van der Waals surface area contributed by atoms with E-state index in [4.69, 9.17) is 5.73 Å². The van der Waals surface area contributed by atoms with E-state index in [1.165, 1.54) is 4.57 Å². The highest BCUT2D eigenvalue weighted by Crippen LogP contribution is 2.23. The second kappa shape index (κ2) is 4.94. The van der Waals surface area contributed by atoms with Crippen molar-refractivity contribution in [3.05, 3.63) is 45.9 Å². The molecule has 0 aliphatic heterocycles. The summed E-state index contributed by atoms with van der Waals surface area (Å²) in [5.74, 6) is 0.167. The van der Waals surface area contributed by atoms with Gasteiger partial charge in [-0.1, -0.05) is 29.8 Å². The van der Waals surface area contributed by atoms with E-state index in [-0.39, 0.29) is 11.4 Å². The molecule has 1 aromatic heterocycles. The molecule has 0 saturated carbocycles. The van der Waals surface area contributed by atoms with Gasteiger partial charge in [-0.3, -0.25) is 4.57 Å². The highest BCUT2D eigenvalue weighted by atomic mass is 16.1. The second-order valence-electron chi connectivity index (χ2n) is 4.23. The fraction of sp³-hybridized carbons (Fsp3) is 0.214. The van der Waals surface area contributed by atoms with Gasteiger partial charge in [0.25, 0.3) is 0 Å². The molecule has 5 heteroatoms. The second-order valence-corrected chi connectivity index (χ2v) is 4.23. The normalized spacial score (nSPS) is 10.2. The molecule has 0 fully saturated rings. The molecule has 2 aromatic rings. The first-order valence-corrected chi connectivity index (χ1v) is 5.96. The smallest absolute Gasteiger partial charge is 0.349 e. The van der Waals surface area contributed by atoms with Gasteiger partial charge in [0, 0.05) is 12.1 Å². The van der Waals surface area contributed by atoms with Crippen molar-refractivity contribution in [2.75, 3.05) is 5.73 Å².